The van der Waals surface area contributed by atoms with Crippen molar-refractivity contribution in [3.63, 3.8) is 0 Å². The van der Waals surface area contributed by atoms with Gasteiger partial charge in [0, 0.05) is 6.42 Å². The average Bonchev–Trinajstić information content (AvgIpc) is 2.71. The van der Waals surface area contributed by atoms with Crippen LogP contribution in [0.5, 0.6) is 0 Å². The van der Waals surface area contributed by atoms with Crippen LogP contribution in [-0.2, 0) is 24.0 Å². The lowest BCUT2D eigenvalue weighted by Gasteiger charge is -2.27. The van der Waals surface area contributed by atoms with Crippen molar-refractivity contribution in [2.75, 3.05) is 12.0 Å². The van der Waals surface area contributed by atoms with Gasteiger partial charge in [-0.3, -0.25) is 19.2 Å². The van der Waals surface area contributed by atoms with Gasteiger partial charge in [-0.25, -0.2) is 4.79 Å². The van der Waals surface area contributed by atoms with Gasteiger partial charge in [0.05, 0.1) is 6.04 Å². The van der Waals surface area contributed by atoms with Crippen LogP contribution >= 0.6 is 11.8 Å². The summed E-state index contributed by atoms with van der Waals surface area (Å²) in [6, 6.07) is -4.18. The van der Waals surface area contributed by atoms with E-state index in [-0.39, 0.29) is 37.5 Å². The monoisotopic (exact) mass is 490 g/mol. The largest absolute Gasteiger partial charge is 0.481 e. The first kappa shape index (κ1) is 30.7. The number of nitrogens with one attached hydrogen (secondary N) is 3. The molecule has 0 spiro atoms. The molecule has 4 atom stereocenters. The van der Waals surface area contributed by atoms with E-state index in [1.807, 2.05) is 20.1 Å². The second-order valence-corrected chi connectivity index (χ2v) is 9.63. The predicted octanol–water partition coefficient (Wildman–Crippen LogP) is 0.173. The molecule has 0 aromatic rings. The van der Waals surface area contributed by atoms with Crippen molar-refractivity contribution in [3.8, 4) is 0 Å². The molecule has 0 radical (unpaired) electrons. The SMILES string of the molecule is CSCCC(NC(=O)C(N)CCC(=O)O)C(=O)NC(C(=O)NC(CC(C)C)C(=O)O)C(C)C. The number of hydrogen-bond acceptors (Lipinski definition) is 7. The molecule has 0 aromatic heterocycles. The first-order valence-corrected chi connectivity index (χ1v) is 12.3. The average molecular weight is 491 g/mol. The number of carbonyl (C=O) groups excluding carboxylic acids is 3. The van der Waals surface area contributed by atoms with Crippen molar-refractivity contribution in [1.29, 1.82) is 0 Å². The summed E-state index contributed by atoms with van der Waals surface area (Å²) in [4.78, 5) is 60.2. The van der Waals surface area contributed by atoms with Crippen LogP contribution in [0.2, 0.25) is 0 Å². The molecule has 3 amide bonds. The molecule has 7 N–H and O–H groups in total. The third-order valence-electron chi connectivity index (χ3n) is 4.82. The van der Waals surface area contributed by atoms with Crippen LogP contribution in [-0.4, -0.2) is 76.0 Å². The molecule has 0 saturated heterocycles. The molecule has 0 saturated carbocycles. The lowest BCUT2D eigenvalue weighted by Crippen LogP contribution is -2.58. The van der Waals surface area contributed by atoms with Crippen molar-refractivity contribution in [2.45, 2.75) is 77.5 Å². The molecule has 33 heavy (non-hydrogen) atoms. The summed E-state index contributed by atoms with van der Waals surface area (Å²) >= 11 is 1.46. The second-order valence-electron chi connectivity index (χ2n) is 8.64. The molecule has 0 aliphatic carbocycles. The van der Waals surface area contributed by atoms with Crippen molar-refractivity contribution in [1.82, 2.24) is 16.0 Å². The summed E-state index contributed by atoms with van der Waals surface area (Å²) in [5.41, 5.74) is 5.73. The Morgan fingerprint density at radius 3 is 1.88 bits per heavy atom. The van der Waals surface area contributed by atoms with Crippen molar-refractivity contribution < 1.29 is 34.2 Å². The Balaban J connectivity index is 5.35. The van der Waals surface area contributed by atoms with Gasteiger partial charge < -0.3 is 31.9 Å². The predicted molar refractivity (Wildman–Crippen MR) is 126 cm³/mol. The van der Waals surface area contributed by atoms with E-state index in [1.54, 1.807) is 13.8 Å². The lowest BCUT2D eigenvalue weighted by atomic mass is 10.00. The molecule has 4 unspecified atom stereocenters. The Morgan fingerprint density at radius 1 is 0.848 bits per heavy atom. The molecule has 0 bridgehead atoms. The molecule has 0 heterocycles. The van der Waals surface area contributed by atoms with Gasteiger partial charge in [0.15, 0.2) is 0 Å². The molecular formula is C21H38N4O7S. The third kappa shape index (κ3) is 12.5. The van der Waals surface area contributed by atoms with Crippen molar-refractivity contribution in [2.24, 2.45) is 17.6 Å². The molecule has 0 aliphatic rings. The first-order valence-electron chi connectivity index (χ1n) is 10.9. The molecule has 0 aliphatic heterocycles. The molecule has 0 rings (SSSR count). The molecular weight excluding hydrogens is 452 g/mol. The Labute approximate surface area is 199 Å². The van der Waals surface area contributed by atoms with Crippen molar-refractivity contribution >= 4 is 41.4 Å². The maximum atomic E-state index is 12.9. The van der Waals surface area contributed by atoms with Crippen molar-refractivity contribution in [3.05, 3.63) is 0 Å². The molecule has 0 fully saturated rings. The summed E-state index contributed by atoms with van der Waals surface area (Å²) in [6.45, 7) is 7.09. The quantitative estimate of drug-likeness (QED) is 0.175. The van der Waals surface area contributed by atoms with Crippen LogP contribution in [0.1, 0.15) is 53.4 Å². The number of thioether (sulfide) groups is 1. The fourth-order valence-corrected chi connectivity index (χ4v) is 3.41. The number of nitrogens with two attached hydrogens (primary N) is 1. The zero-order chi connectivity index (χ0) is 25.7. The van der Waals surface area contributed by atoms with Gasteiger partial charge in [0.1, 0.15) is 18.1 Å². The minimum absolute atomic E-state index is 0.0370. The summed E-state index contributed by atoms with van der Waals surface area (Å²) < 4.78 is 0. The Morgan fingerprint density at radius 2 is 1.42 bits per heavy atom. The number of rotatable bonds is 16. The Kier molecular flexibility index (Phi) is 14.4. The highest BCUT2D eigenvalue weighted by Crippen LogP contribution is 2.09. The van der Waals surface area contributed by atoms with E-state index in [0.717, 1.165) is 0 Å². The van der Waals surface area contributed by atoms with E-state index in [4.69, 9.17) is 10.8 Å². The number of carboxylic acid groups (broad SMARTS) is 2. The maximum absolute atomic E-state index is 12.9. The highest BCUT2D eigenvalue weighted by Gasteiger charge is 2.32. The molecule has 12 heteroatoms. The standard InChI is InChI=1S/C21H38N4O7S/c1-11(2)10-15(21(31)32)24-20(30)17(12(3)4)25-19(29)14(8-9-33-5)23-18(28)13(22)6-7-16(26)27/h11-15,17H,6-10,22H2,1-5H3,(H,23,28)(H,24,30)(H,25,29)(H,26,27)(H,31,32). The van der Waals surface area contributed by atoms with Crippen LogP contribution in [0.4, 0.5) is 0 Å². The maximum Gasteiger partial charge on any atom is 0.326 e. The normalized spacial score (nSPS) is 14.8. The number of amides is 3. The van der Waals surface area contributed by atoms with Gasteiger partial charge in [0.2, 0.25) is 17.7 Å². The van der Waals surface area contributed by atoms with E-state index < -0.39 is 53.8 Å². The minimum atomic E-state index is -1.16. The van der Waals surface area contributed by atoms with Crippen LogP contribution < -0.4 is 21.7 Å². The van der Waals surface area contributed by atoms with E-state index in [2.05, 4.69) is 16.0 Å². The minimum Gasteiger partial charge on any atom is -0.481 e. The van der Waals surface area contributed by atoms with Gasteiger partial charge in [-0.2, -0.15) is 11.8 Å². The van der Waals surface area contributed by atoms with Gasteiger partial charge in [0.25, 0.3) is 0 Å². The van der Waals surface area contributed by atoms with Gasteiger partial charge >= 0.3 is 11.9 Å². The fraction of sp³-hybridized carbons (Fsp3) is 0.762. The second kappa shape index (κ2) is 15.5. The summed E-state index contributed by atoms with van der Waals surface area (Å²) in [7, 11) is 0. The highest BCUT2D eigenvalue weighted by molar-refractivity contribution is 7.98. The van der Waals surface area contributed by atoms with E-state index in [0.29, 0.717) is 5.75 Å². The van der Waals surface area contributed by atoms with Gasteiger partial charge in [-0.1, -0.05) is 27.7 Å². The third-order valence-corrected chi connectivity index (χ3v) is 5.46. The zero-order valence-corrected chi connectivity index (χ0v) is 20.7. The van der Waals surface area contributed by atoms with Crippen LogP contribution in [0.3, 0.4) is 0 Å². The van der Waals surface area contributed by atoms with Gasteiger partial charge in [-0.15, -0.1) is 0 Å². The first-order chi connectivity index (χ1) is 15.3. The highest BCUT2D eigenvalue weighted by atomic mass is 32.2. The number of aliphatic carboxylic acids is 2. The van der Waals surface area contributed by atoms with Gasteiger partial charge in [-0.05, 0) is 43.1 Å². The Hall–Kier alpha value is -2.34. The van der Waals surface area contributed by atoms with Crippen LogP contribution in [0.15, 0.2) is 0 Å². The molecule has 11 nitrogen and oxygen atoms in total. The topological polar surface area (TPSA) is 188 Å². The Bertz CT molecular complexity index is 688. The smallest absolute Gasteiger partial charge is 0.326 e. The fourth-order valence-electron chi connectivity index (χ4n) is 2.94. The van der Waals surface area contributed by atoms with Crippen LogP contribution in [0, 0.1) is 11.8 Å². The number of carboxylic acids is 2. The zero-order valence-electron chi connectivity index (χ0n) is 19.9. The summed E-state index contributed by atoms with van der Waals surface area (Å²) in [5, 5.41) is 25.8. The van der Waals surface area contributed by atoms with E-state index in [1.165, 1.54) is 11.8 Å². The number of hydrogen-bond donors (Lipinski definition) is 6. The molecule has 0 aromatic carbocycles. The lowest BCUT2D eigenvalue weighted by molar-refractivity contribution is -0.143. The van der Waals surface area contributed by atoms with Crippen LogP contribution in [0.25, 0.3) is 0 Å². The summed E-state index contributed by atoms with van der Waals surface area (Å²) in [6.07, 6.45) is 1.97. The van der Waals surface area contributed by atoms with E-state index >= 15 is 0 Å². The summed E-state index contributed by atoms with van der Waals surface area (Å²) in [5.74, 6) is -3.91. The molecule has 190 valence electrons. The van der Waals surface area contributed by atoms with E-state index in [9.17, 15) is 29.1 Å². The number of carbonyl (C=O) groups is 5.